The van der Waals surface area contributed by atoms with Crippen molar-refractivity contribution in [1.29, 1.82) is 0 Å². The minimum Gasteiger partial charge on any atom is -1.00 e. The van der Waals surface area contributed by atoms with Crippen LogP contribution < -0.4 is 57.5 Å². The van der Waals surface area contributed by atoms with Crippen LogP contribution in [0.25, 0.3) is 0 Å². The van der Waals surface area contributed by atoms with Gasteiger partial charge in [0.1, 0.15) is 29.7 Å². The van der Waals surface area contributed by atoms with Gasteiger partial charge in [-0.2, -0.15) is 0 Å². The van der Waals surface area contributed by atoms with Gasteiger partial charge < -0.3 is 30.1 Å². The number of carbonyl (C=O) groups excluding carboxylic acids is 1. The second kappa shape index (κ2) is 13.8. The number of nitrogens with two attached hydrogens (primary N) is 2. The highest BCUT2D eigenvalue weighted by atomic mass is 35.5. The predicted octanol–water partition coefficient (Wildman–Crippen LogP) is -4.59. The molecule has 0 aromatic heterocycles. The number of halogens is 2. The molecule has 0 atom stereocenters. The number of likely N-dealkylation sites (N-methyl/N-ethyl adjacent to an activating group) is 1. The number of benzene rings is 3. The third kappa shape index (κ3) is 7.20. The van der Waals surface area contributed by atoms with E-state index in [1.165, 1.54) is 20.5 Å². The molecule has 0 spiro atoms. The van der Waals surface area contributed by atoms with Gasteiger partial charge in [0.15, 0.2) is 0 Å². The van der Waals surface area contributed by atoms with Crippen LogP contribution in [0.2, 0.25) is 0 Å². The zero-order chi connectivity index (χ0) is 22.1. The lowest BCUT2D eigenvalue weighted by Gasteiger charge is -2.27. The Morgan fingerprint density at radius 2 is 1.18 bits per heavy atom. The van der Waals surface area contributed by atoms with Gasteiger partial charge in [-0.15, -0.1) is 0 Å². The van der Waals surface area contributed by atoms with E-state index in [0.717, 1.165) is 12.6 Å². The summed E-state index contributed by atoms with van der Waals surface area (Å²) in [6.07, 6.45) is 1.83. The molecule has 0 bridgehead atoms. The number of guanidine groups is 1. The Hall–Kier alpha value is -2.59. The fourth-order valence-corrected chi connectivity index (χ4v) is 8.13. The molecule has 3 rings (SSSR count). The first-order valence-corrected chi connectivity index (χ1v) is 12.4. The third-order valence-electron chi connectivity index (χ3n) is 5.40. The molecule has 3 aromatic carbocycles. The van der Waals surface area contributed by atoms with Gasteiger partial charge in [-0.25, -0.2) is 0 Å². The zero-order valence-corrected chi connectivity index (χ0v) is 21.1. The minimum atomic E-state index is -1.86. The smallest absolute Gasteiger partial charge is 0.341 e. The van der Waals surface area contributed by atoms with Gasteiger partial charge in [-0.05, 0) is 42.8 Å². The molecule has 5 nitrogen and oxygen atoms in total. The number of rotatable bonds is 9. The van der Waals surface area contributed by atoms with Crippen molar-refractivity contribution in [2.45, 2.75) is 6.42 Å². The average Bonchev–Trinajstić information content (AvgIpc) is 2.81. The highest BCUT2D eigenvalue weighted by Crippen LogP contribution is 2.55. The van der Waals surface area contributed by atoms with E-state index >= 15 is 0 Å². The maximum Gasteiger partial charge on any atom is 0.341 e. The van der Waals surface area contributed by atoms with E-state index in [4.69, 9.17) is 11.5 Å². The number of nitrogens with one attached hydrogen (secondary N) is 1. The fourth-order valence-electron chi connectivity index (χ4n) is 3.79. The quantitative estimate of drug-likeness (QED) is 0.0901. The molecule has 5 N–H and O–H groups in total. The largest absolute Gasteiger partial charge is 1.00 e. The van der Waals surface area contributed by atoms with E-state index in [0.29, 0.717) is 6.54 Å². The van der Waals surface area contributed by atoms with Crippen LogP contribution in [0.4, 0.5) is 0 Å². The molecule has 176 valence electrons. The lowest BCUT2D eigenvalue weighted by Crippen LogP contribution is -3.00. The van der Waals surface area contributed by atoms with Crippen molar-refractivity contribution in [3.05, 3.63) is 91.0 Å². The van der Waals surface area contributed by atoms with Crippen LogP contribution in [0.5, 0.6) is 0 Å². The maximum absolute atomic E-state index is 12.2. The van der Waals surface area contributed by atoms with E-state index in [1.807, 2.05) is 0 Å². The Morgan fingerprint density at radius 3 is 1.55 bits per heavy atom. The summed E-state index contributed by atoms with van der Waals surface area (Å²) in [6, 6.07) is 32.3. The van der Waals surface area contributed by atoms with Gasteiger partial charge in [-0.3, -0.25) is 20.8 Å². The van der Waals surface area contributed by atoms with E-state index in [2.05, 4.69) is 96.3 Å². The summed E-state index contributed by atoms with van der Waals surface area (Å²) in [5.41, 5.74) is 11.1. The number of carbonyl (C=O) groups is 1. The molecule has 0 aliphatic carbocycles. The monoisotopic (exact) mass is 504 g/mol. The molecule has 0 fully saturated rings. The Kier molecular flexibility index (Phi) is 11.9. The highest BCUT2D eigenvalue weighted by molar-refractivity contribution is 7.95. The van der Waals surface area contributed by atoms with Crippen molar-refractivity contribution in [2.75, 3.05) is 26.3 Å². The van der Waals surface area contributed by atoms with Crippen molar-refractivity contribution >= 4 is 35.0 Å². The van der Waals surface area contributed by atoms with E-state index in [1.54, 1.807) is 7.05 Å². The number of nitrogens with zero attached hydrogens (tertiary/aromatic N) is 1. The van der Waals surface area contributed by atoms with Crippen LogP contribution in [-0.2, 0) is 4.79 Å². The van der Waals surface area contributed by atoms with Crippen LogP contribution >= 0.6 is 7.26 Å². The van der Waals surface area contributed by atoms with Gasteiger partial charge in [0.25, 0.3) is 5.91 Å². The number of amides is 1. The van der Waals surface area contributed by atoms with E-state index in [-0.39, 0.29) is 43.2 Å². The first-order chi connectivity index (χ1) is 15.0. The van der Waals surface area contributed by atoms with Gasteiger partial charge in [-0.1, -0.05) is 54.6 Å². The van der Waals surface area contributed by atoms with Crippen molar-refractivity contribution in [3.63, 3.8) is 0 Å². The summed E-state index contributed by atoms with van der Waals surface area (Å²) in [5.74, 6) is 0.0521. The van der Waals surface area contributed by atoms with E-state index in [9.17, 15) is 4.79 Å². The first kappa shape index (κ1) is 28.4. The molecule has 1 amide bonds. The van der Waals surface area contributed by atoms with Crippen LogP contribution in [0.1, 0.15) is 6.42 Å². The van der Waals surface area contributed by atoms with Crippen LogP contribution in [0, 0.1) is 0 Å². The summed E-state index contributed by atoms with van der Waals surface area (Å²) < 4.78 is 1.53. The van der Waals surface area contributed by atoms with Crippen LogP contribution in [-0.4, -0.2) is 42.7 Å². The Morgan fingerprint density at radius 1 is 0.788 bits per heavy atom. The third-order valence-corrected chi connectivity index (χ3v) is 9.93. The van der Waals surface area contributed by atoms with Crippen molar-refractivity contribution < 1.29 is 34.2 Å². The molecule has 3 aromatic rings. The summed E-state index contributed by atoms with van der Waals surface area (Å²) in [7, 11) is -0.162. The standard InChI is InChI=1S/C25H29N4OP.2ClH/c1-29(25(26)27)20-24(30)28-18-11-19-31(21-12-5-2-6-13-21,22-14-7-3-8-15-22)23-16-9-4-10-17-23;;/h2-10,12-17H,11,18-20H2,1H3,(H3-,26,27,28,30);2*1H. The SMILES string of the molecule is C[N+](CC(=O)NCCC[P+](c1ccccc1)(c1ccccc1)c1ccccc1)=C(N)N.[Cl-].[Cl-]. The van der Waals surface area contributed by atoms with Gasteiger partial charge in [0.2, 0.25) is 0 Å². The Balaban J connectivity index is 0.00000272. The average molecular weight is 505 g/mol. The summed E-state index contributed by atoms with van der Waals surface area (Å²) >= 11 is 0. The fraction of sp³-hybridized carbons (Fsp3) is 0.200. The van der Waals surface area contributed by atoms with Crippen molar-refractivity contribution in [2.24, 2.45) is 11.5 Å². The summed E-state index contributed by atoms with van der Waals surface area (Å²) in [5, 5.41) is 7.06. The number of hydrogen-bond acceptors (Lipinski definition) is 1. The lowest BCUT2D eigenvalue weighted by atomic mass is 10.3. The normalized spacial score (nSPS) is 10.3. The first-order valence-electron chi connectivity index (χ1n) is 10.4. The molecular weight excluding hydrogens is 474 g/mol. The predicted molar refractivity (Wildman–Crippen MR) is 132 cm³/mol. The molecule has 0 heterocycles. The van der Waals surface area contributed by atoms with Gasteiger partial charge in [0, 0.05) is 6.54 Å². The Bertz CT molecular complexity index is 918. The Labute approximate surface area is 209 Å². The molecule has 0 radical (unpaired) electrons. The molecule has 0 unspecified atom stereocenters. The van der Waals surface area contributed by atoms with Crippen molar-refractivity contribution in [3.8, 4) is 0 Å². The van der Waals surface area contributed by atoms with E-state index < -0.39 is 7.26 Å². The number of hydrogen-bond donors (Lipinski definition) is 3. The second-order valence-corrected chi connectivity index (χ2v) is 11.1. The second-order valence-electron chi connectivity index (χ2n) is 7.52. The van der Waals surface area contributed by atoms with Gasteiger partial charge in [0.05, 0.1) is 13.2 Å². The molecule has 0 aliphatic heterocycles. The highest BCUT2D eigenvalue weighted by Gasteiger charge is 2.44. The maximum atomic E-state index is 12.2. The minimum absolute atomic E-state index is 0. The molecule has 0 saturated heterocycles. The molecule has 0 aliphatic rings. The summed E-state index contributed by atoms with van der Waals surface area (Å²) in [6.45, 7) is 0.754. The van der Waals surface area contributed by atoms with Crippen LogP contribution in [0.15, 0.2) is 91.0 Å². The van der Waals surface area contributed by atoms with Gasteiger partial charge >= 0.3 is 5.96 Å². The summed E-state index contributed by atoms with van der Waals surface area (Å²) in [4.78, 5) is 12.2. The topological polar surface area (TPSA) is 84.1 Å². The molecule has 33 heavy (non-hydrogen) atoms. The lowest BCUT2D eigenvalue weighted by molar-refractivity contribution is -0.487. The van der Waals surface area contributed by atoms with Crippen molar-refractivity contribution in [1.82, 2.24) is 5.32 Å². The molecule has 8 heteroatoms. The van der Waals surface area contributed by atoms with Crippen LogP contribution in [0.3, 0.4) is 0 Å². The zero-order valence-electron chi connectivity index (χ0n) is 18.7. The molecule has 0 saturated carbocycles. The molecular formula is C25H31Cl2N4OP.